The lowest BCUT2D eigenvalue weighted by atomic mass is 10.0. The average Bonchev–Trinajstić information content (AvgIpc) is 2.96. The molecule has 2 aromatic heterocycles. The van der Waals surface area contributed by atoms with Crippen LogP contribution in [0.2, 0.25) is 0 Å². The number of aromatic nitrogens is 3. The molecule has 0 amide bonds. The fourth-order valence-electron chi connectivity index (χ4n) is 2.43. The predicted octanol–water partition coefficient (Wildman–Crippen LogP) is 3.64. The number of aromatic amines is 1. The molecule has 5 heteroatoms. The minimum Gasteiger partial charge on any atom is -0.359 e. The molecule has 0 saturated carbocycles. The number of nitriles is 1. The number of anilines is 1. The molecule has 3 rings (SSSR count). The first-order valence-corrected chi connectivity index (χ1v) is 7.25. The molecule has 3 aromatic rings. The minimum absolute atomic E-state index is 0.0469. The number of para-hydroxylation sites is 2. The summed E-state index contributed by atoms with van der Waals surface area (Å²) in [7, 11) is 0. The van der Waals surface area contributed by atoms with Crippen LogP contribution in [0.15, 0.2) is 42.6 Å². The minimum atomic E-state index is -0.0469. The van der Waals surface area contributed by atoms with E-state index in [-0.39, 0.29) is 12.0 Å². The number of pyridine rings is 1. The number of benzene rings is 1. The topological polar surface area (TPSA) is 77.4 Å². The molecule has 0 aliphatic carbocycles. The third-order valence-electron chi connectivity index (χ3n) is 3.59. The van der Waals surface area contributed by atoms with Crippen molar-refractivity contribution >= 4 is 16.9 Å². The Morgan fingerprint density at radius 1 is 1.18 bits per heavy atom. The van der Waals surface area contributed by atoms with Crippen molar-refractivity contribution in [2.24, 2.45) is 5.92 Å². The van der Waals surface area contributed by atoms with E-state index in [0.717, 1.165) is 16.9 Å². The number of fused-ring (bicyclic) bond motifs is 1. The first kappa shape index (κ1) is 14.1. The van der Waals surface area contributed by atoms with E-state index in [1.807, 2.05) is 24.3 Å². The molecule has 0 radical (unpaired) electrons. The average molecular weight is 291 g/mol. The molecular formula is C17H17N5. The molecule has 0 unspecified atom stereocenters. The van der Waals surface area contributed by atoms with Crippen LogP contribution >= 0.6 is 0 Å². The van der Waals surface area contributed by atoms with E-state index in [9.17, 15) is 5.26 Å². The molecule has 0 aliphatic heterocycles. The van der Waals surface area contributed by atoms with Gasteiger partial charge in [-0.3, -0.25) is 0 Å². The first-order chi connectivity index (χ1) is 10.7. The summed E-state index contributed by atoms with van der Waals surface area (Å²) in [4.78, 5) is 12.3. The van der Waals surface area contributed by atoms with Gasteiger partial charge in [-0.15, -0.1) is 0 Å². The van der Waals surface area contributed by atoms with Crippen molar-refractivity contribution in [2.45, 2.75) is 19.9 Å². The molecule has 0 fully saturated rings. The van der Waals surface area contributed by atoms with Gasteiger partial charge in [0.2, 0.25) is 0 Å². The number of H-pyrrole nitrogens is 1. The number of nitrogens with zero attached hydrogens (tertiary/aromatic N) is 3. The number of imidazole rings is 1. The SMILES string of the molecule is CC(C)[C@@H](Nc1ncccc1C#N)c1nc2ccccc2[nH]1. The number of rotatable bonds is 4. The molecule has 0 saturated heterocycles. The summed E-state index contributed by atoms with van der Waals surface area (Å²) in [6.45, 7) is 4.22. The lowest BCUT2D eigenvalue weighted by molar-refractivity contribution is 0.525. The molecule has 22 heavy (non-hydrogen) atoms. The molecule has 2 heterocycles. The second-order valence-electron chi connectivity index (χ2n) is 5.52. The van der Waals surface area contributed by atoms with Crippen LogP contribution < -0.4 is 5.32 Å². The summed E-state index contributed by atoms with van der Waals surface area (Å²) in [5.74, 6) is 1.73. The zero-order valence-corrected chi connectivity index (χ0v) is 12.5. The summed E-state index contributed by atoms with van der Waals surface area (Å²) in [5, 5.41) is 12.5. The van der Waals surface area contributed by atoms with E-state index in [4.69, 9.17) is 0 Å². The van der Waals surface area contributed by atoms with Crippen molar-refractivity contribution in [3.05, 3.63) is 54.0 Å². The number of hydrogen-bond acceptors (Lipinski definition) is 4. The molecule has 110 valence electrons. The van der Waals surface area contributed by atoms with Gasteiger partial charge >= 0.3 is 0 Å². The molecule has 2 N–H and O–H groups in total. The lowest BCUT2D eigenvalue weighted by Gasteiger charge is -2.21. The molecule has 5 nitrogen and oxygen atoms in total. The molecular weight excluding hydrogens is 274 g/mol. The summed E-state index contributed by atoms with van der Waals surface area (Å²) < 4.78 is 0. The van der Waals surface area contributed by atoms with Gasteiger partial charge in [0.25, 0.3) is 0 Å². The van der Waals surface area contributed by atoms with Crippen LogP contribution in [0, 0.1) is 17.2 Å². The van der Waals surface area contributed by atoms with Gasteiger partial charge in [-0.25, -0.2) is 9.97 Å². The summed E-state index contributed by atoms with van der Waals surface area (Å²) in [6.07, 6.45) is 1.68. The van der Waals surface area contributed by atoms with Crippen molar-refractivity contribution in [1.82, 2.24) is 15.0 Å². The highest BCUT2D eigenvalue weighted by atomic mass is 15.1. The zero-order valence-electron chi connectivity index (χ0n) is 12.5. The van der Waals surface area contributed by atoms with Gasteiger partial charge in [-0.1, -0.05) is 26.0 Å². The van der Waals surface area contributed by atoms with Crippen molar-refractivity contribution in [2.75, 3.05) is 5.32 Å². The Kier molecular flexibility index (Phi) is 3.75. The monoisotopic (exact) mass is 291 g/mol. The lowest BCUT2D eigenvalue weighted by Crippen LogP contribution is -2.19. The number of nitrogens with one attached hydrogen (secondary N) is 2. The fourth-order valence-corrected chi connectivity index (χ4v) is 2.43. The van der Waals surface area contributed by atoms with Crippen molar-refractivity contribution < 1.29 is 0 Å². The second-order valence-corrected chi connectivity index (χ2v) is 5.52. The normalized spacial score (nSPS) is 12.3. The van der Waals surface area contributed by atoms with E-state index < -0.39 is 0 Å². The smallest absolute Gasteiger partial charge is 0.144 e. The largest absolute Gasteiger partial charge is 0.359 e. The summed E-state index contributed by atoms with van der Waals surface area (Å²) >= 11 is 0. The van der Waals surface area contributed by atoms with Crippen LogP contribution in [0.25, 0.3) is 11.0 Å². The third-order valence-corrected chi connectivity index (χ3v) is 3.59. The van der Waals surface area contributed by atoms with Crippen LogP contribution in [-0.2, 0) is 0 Å². The maximum absolute atomic E-state index is 9.20. The molecule has 1 atom stereocenters. The summed E-state index contributed by atoms with van der Waals surface area (Å²) in [5.41, 5.74) is 2.47. The van der Waals surface area contributed by atoms with Crippen LogP contribution in [0.1, 0.15) is 31.3 Å². The van der Waals surface area contributed by atoms with Gasteiger partial charge in [-0.05, 0) is 30.2 Å². The fraction of sp³-hybridized carbons (Fsp3) is 0.235. The maximum atomic E-state index is 9.20. The van der Waals surface area contributed by atoms with Gasteiger partial charge in [0.15, 0.2) is 0 Å². The van der Waals surface area contributed by atoms with E-state index in [1.54, 1.807) is 18.3 Å². The Labute approximate surface area is 129 Å². The second kappa shape index (κ2) is 5.86. The van der Waals surface area contributed by atoms with Crippen LogP contribution in [0.5, 0.6) is 0 Å². The standard InChI is InChI=1S/C17H17N5/c1-11(2)15(22-16-12(10-18)6-5-9-19-16)17-20-13-7-3-4-8-14(13)21-17/h3-9,11,15H,1-2H3,(H,19,22)(H,20,21)/t15-/m1/s1. The highest BCUT2D eigenvalue weighted by Crippen LogP contribution is 2.26. The van der Waals surface area contributed by atoms with E-state index in [1.165, 1.54) is 0 Å². The van der Waals surface area contributed by atoms with Crippen molar-refractivity contribution in [1.29, 1.82) is 5.26 Å². The maximum Gasteiger partial charge on any atom is 0.144 e. The van der Waals surface area contributed by atoms with Gasteiger partial charge in [0, 0.05) is 6.20 Å². The van der Waals surface area contributed by atoms with Crippen molar-refractivity contribution in [3.8, 4) is 6.07 Å². The summed E-state index contributed by atoms with van der Waals surface area (Å²) in [6, 6.07) is 13.6. The predicted molar refractivity (Wildman–Crippen MR) is 86.2 cm³/mol. The van der Waals surface area contributed by atoms with E-state index in [2.05, 4.69) is 40.2 Å². The van der Waals surface area contributed by atoms with Gasteiger partial charge in [0.1, 0.15) is 17.7 Å². The highest BCUT2D eigenvalue weighted by Gasteiger charge is 2.21. The van der Waals surface area contributed by atoms with E-state index >= 15 is 0 Å². The van der Waals surface area contributed by atoms with Crippen molar-refractivity contribution in [3.63, 3.8) is 0 Å². The van der Waals surface area contributed by atoms with Gasteiger partial charge in [0.05, 0.1) is 22.6 Å². The van der Waals surface area contributed by atoms with Crippen LogP contribution in [0.3, 0.4) is 0 Å². The quantitative estimate of drug-likeness (QED) is 0.769. The Morgan fingerprint density at radius 2 is 2.00 bits per heavy atom. The molecule has 0 bridgehead atoms. The molecule has 0 aliphatic rings. The number of hydrogen-bond donors (Lipinski definition) is 2. The first-order valence-electron chi connectivity index (χ1n) is 7.25. The van der Waals surface area contributed by atoms with Gasteiger partial charge in [-0.2, -0.15) is 5.26 Å². The zero-order chi connectivity index (χ0) is 15.5. The highest BCUT2D eigenvalue weighted by molar-refractivity contribution is 5.75. The van der Waals surface area contributed by atoms with E-state index in [0.29, 0.717) is 11.4 Å². The molecule has 0 spiro atoms. The molecule has 1 aromatic carbocycles. The van der Waals surface area contributed by atoms with Gasteiger partial charge < -0.3 is 10.3 Å². The van der Waals surface area contributed by atoms with Crippen LogP contribution in [-0.4, -0.2) is 15.0 Å². The van der Waals surface area contributed by atoms with Crippen LogP contribution in [0.4, 0.5) is 5.82 Å². The Hall–Kier alpha value is -2.87. The third kappa shape index (κ3) is 2.63. The Balaban J connectivity index is 1.98. The Morgan fingerprint density at radius 3 is 2.73 bits per heavy atom. The Bertz CT molecular complexity index is 795.